The molecular weight excluding hydrogens is 372 g/mol. The van der Waals surface area contributed by atoms with E-state index in [1.54, 1.807) is 11.4 Å². The summed E-state index contributed by atoms with van der Waals surface area (Å²) in [6.07, 6.45) is 0.833. The second-order valence-electron chi connectivity index (χ2n) is 7.49. The van der Waals surface area contributed by atoms with Crippen molar-refractivity contribution in [1.82, 2.24) is 9.21 Å². The Labute approximate surface area is 169 Å². The lowest BCUT2D eigenvalue weighted by Gasteiger charge is -2.24. The van der Waals surface area contributed by atoms with Crippen LogP contribution < -0.4 is 4.74 Å². The maximum atomic E-state index is 13.5. The number of nitrogens with zero attached hydrogens (tertiary/aromatic N) is 2. The molecule has 1 heterocycles. The summed E-state index contributed by atoms with van der Waals surface area (Å²) < 4.78 is 34.0. The summed E-state index contributed by atoms with van der Waals surface area (Å²) in [6.45, 7) is 9.20. The molecule has 3 rings (SSSR count). The van der Waals surface area contributed by atoms with Gasteiger partial charge in [0.15, 0.2) is 0 Å². The van der Waals surface area contributed by atoms with E-state index in [-0.39, 0.29) is 0 Å². The van der Waals surface area contributed by atoms with Gasteiger partial charge in [-0.25, -0.2) is 8.42 Å². The number of methoxy groups -OCH3 is 1. The second kappa shape index (κ2) is 8.64. The van der Waals surface area contributed by atoms with E-state index in [0.29, 0.717) is 18.0 Å². The van der Waals surface area contributed by atoms with Crippen molar-refractivity contribution in [2.75, 3.05) is 33.3 Å². The van der Waals surface area contributed by atoms with E-state index in [2.05, 4.69) is 17.0 Å². The zero-order valence-electron chi connectivity index (χ0n) is 17.2. The van der Waals surface area contributed by atoms with Gasteiger partial charge in [-0.3, -0.25) is 4.90 Å². The van der Waals surface area contributed by atoms with Crippen LogP contribution in [0, 0.1) is 20.8 Å². The van der Waals surface area contributed by atoms with Crippen LogP contribution in [-0.2, 0) is 16.6 Å². The lowest BCUT2D eigenvalue weighted by Crippen LogP contribution is -2.36. The molecule has 0 bridgehead atoms. The van der Waals surface area contributed by atoms with E-state index in [1.165, 1.54) is 5.56 Å². The van der Waals surface area contributed by atoms with E-state index in [0.717, 1.165) is 48.5 Å². The molecule has 0 atom stereocenters. The Hall–Kier alpha value is -1.89. The molecular formula is C22H30N2O3S. The summed E-state index contributed by atoms with van der Waals surface area (Å²) in [7, 11) is -1.92. The largest absolute Gasteiger partial charge is 0.496 e. The highest BCUT2D eigenvalue weighted by molar-refractivity contribution is 7.89. The van der Waals surface area contributed by atoms with Crippen molar-refractivity contribution < 1.29 is 13.2 Å². The molecule has 0 aromatic heterocycles. The first kappa shape index (κ1) is 20.8. The number of ether oxygens (including phenoxy) is 1. The summed E-state index contributed by atoms with van der Waals surface area (Å²) in [6, 6.07) is 12.2. The Bertz CT molecular complexity index is 927. The first-order valence-corrected chi connectivity index (χ1v) is 11.2. The monoisotopic (exact) mass is 402 g/mol. The molecule has 0 saturated carbocycles. The molecule has 0 N–H and O–H groups in total. The van der Waals surface area contributed by atoms with E-state index in [4.69, 9.17) is 4.74 Å². The lowest BCUT2D eigenvalue weighted by molar-refractivity contribution is 0.278. The molecule has 0 radical (unpaired) electrons. The fourth-order valence-corrected chi connectivity index (χ4v) is 5.90. The minimum atomic E-state index is -3.54. The van der Waals surface area contributed by atoms with E-state index < -0.39 is 10.0 Å². The number of hydrogen-bond donors (Lipinski definition) is 0. The van der Waals surface area contributed by atoms with Gasteiger partial charge in [-0.15, -0.1) is 0 Å². The number of rotatable bonds is 5. The topological polar surface area (TPSA) is 49.9 Å². The van der Waals surface area contributed by atoms with Gasteiger partial charge in [-0.05, 0) is 62.1 Å². The molecule has 0 aliphatic carbocycles. The molecule has 2 aromatic rings. The maximum absolute atomic E-state index is 13.5. The minimum absolute atomic E-state index is 0.433. The zero-order valence-corrected chi connectivity index (χ0v) is 18.1. The zero-order chi connectivity index (χ0) is 20.3. The van der Waals surface area contributed by atoms with Crippen molar-refractivity contribution >= 4 is 10.0 Å². The maximum Gasteiger partial charge on any atom is 0.243 e. The van der Waals surface area contributed by atoms with Crippen LogP contribution in [0.2, 0.25) is 0 Å². The lowest BCUT2D eigenvalue weighted by atomic mass is 10.1. The van der Waals surface area contributed by atoms with Crippen LogP contribution in [0.1, 0.15) is 28.7 Å². The first-order chi connectivity index (χ1) is 13.3. The van der Waals surface area contributed by atoms with Crippen molar-refractivity contribution in [3.63, 3.8) is 0 Å². The molecule has 1 aliphatic heterocycles. The van der Waals surface area contributed by atoms with Gasteiger partial charge in [0.1, 0.15) is 5.75 Å². The van der Waals surface area contributed by atoms with Gasteiger partial charge in [0.05, 0.1) is 12.0 Å². The van der Waals surface area contributed by atoms with E-state index >= 15 is 0 Å². The third-order valence-electron chi connectivity index (χ3n) is 5.59. The van der Waals surface area contributed by atoms with Crippen LogP contribution in [0.25, 0.3) is 0 Å². The van der Waals surface area contributed by atoms with Crippen molar-refractivity contribution in [1.29, 1.82) is 0 Å². The molecule has 0 unspecified atom stereocenters. The predicted molar refractivity (Wildman–Crippen MR) is 112 cm³/mol. The molecule has 152 valence electrons. The van der Waals surface area contributed by atoms with Crippen molar-refractivity contribution in [3.05, 3.63) is 58.7 Å². The summed E-state index contributed by atoms with van der Waals surface area (Å²) in [4.78, 5) is 2.77. The fraction of sp³-hybridized carbons (Fsp3) is 0.455. The quantitative estimate of drug-likeness (QED) is 0.768. The molecule has 1 saturated heterocycles. The Kier molecular flexibility index (Phi) is 6.43. The third-order valence-corrected chi connectivity index (χ3v) is 7.78. The van der Waals surface area contributed by atoms with Gasteiger partial charge >= 0.3 is 0 Å². The van der Waals surface area contributed by atoms with Gasteiger partial charge in [0, 0.05) is 26.2 Å². The Morgan fingerprint density at radius 1 is 0.964 bits per heavy atom. The molecule has 28 heavy (non-hydrogen) atoms. The van der Waals surface area contributed by atoms with Crippen LogP contribution in [0.15, 0.2) is 41.3 Å². The fourth-order valence-electron chi connectivity index (χ4n) is 3.95. The highest BCUT2D eigenvalue weighted by atomic mass is 32.2. The Morgan fingerprint density at radius 2 is 1.68 bits per heavy atom. The Balaban J connectivity index is 1.81. The molecule has 0 spiro atoms. The average molecular weight is 403 g/mol. The standard InChI is InChI=1S/C22H30N2O3S/c1-17-15-21(27-4)18(2)19(3)22(17)28(25,26)24-12-8-11-23(13-14-24)16-20-9-6-5-7-10-20/h5-7,9-10,15H,8,11-14,16H2,1-4H3. The van der Waals surface area contributed by atoms with Crippen molar-refractivity contribution in [3.8, 4) is 5.75 Å². The average Bonchev–Trinajstić information content (AvgIpc) is 2.91. The number of aryl methyl sites for hydroxylation is 1. The van der Waals surface area contributed by atoms with Crippen molar-refractivity contribution in [2.45, 2.75) is 38.6 Å². The third kappa shape index (κ3) is 4.24. The molecule has 0 amide bonds. The summed E-state index contributed by atoms with van der Waals surface area (Å²) in [5.74, 6) is 0.735. The van der Waals surface area contributed by atoms with Gasteiger partial charge < -0.3 is 4.74 Å². The van der Waals surface area contributed by atoms with Crippen LogP contribution in [0.4, 0.5) is 0 Å². The van der Waals surface area contributed by atoms with Crippen LogP contribution in [0.3, 0.4) is 0 Å². The molecule has 5 nitrogen and oxygen atoms in total. The number of benzene rings is 2. The van der Waals surface area contributed by atoms with Crippen molar-refractivity contribution in [2.24, 2.45) is 0 Å². The molecule has 1 fully saturated rings. The normalized spacial score (nSPS) is 16.7. The van der Waals surface area contributed by atoms with Gasteiger partial charge in [0.25, 0.3) is 0 Å². The summed E-state index contributed by atoms with van der Waals surface area (Å²) >= 11 is 0. The van der Waals surface area contributed by atoms with Crippen LogP contribution >= 0.6 is 0 Å². The van der Waals surface area contributed by atoms with Gasteiger partial charge in [0.2, 0.25) is 10.0 Å². The molecule has 1 aliphatic rings. The van der Waals surface area contributed by atoms with Gasteiger partial charge in [-0.1, -0.05) is 30.3 Å². The molecule has 6 heteroatoms. The van der Waals surface area contributed by atoms with E-state index in [9.17, 15) is 8.42 Å². The summed E-state index contributed by atoms with van der Waals surface area (Å²) in [5.41, 5.74) is 3.66. The highest BCUT2D eigenvalue weighted by Crippen LogP contribution is 2.32. The van der Waals surface area contributed by atoms with Gasteiger partial charge in [-0.2, -0.15) is 4.31 Å². The smallest absolute Gasteiger partial charge is 0.243 e. The Morgan fingerprint density at radius 3 is 2.36 bits per heavy atom. The number of hydrogen-bond acceptors (Lipinski definition) is 4. The first-order valence-electron chi connectivity index (χ1n) is 9.76. The molecule has 2 aromatic carbocycles. The van der Waals surface area contributed by atoms with E-state index in [1.807, 2.05) is 45.0 Å². The van der Waals surface area contributed by atoms with Crippen LogP contribution in [-0.4, -0.2) is 50.9 Å². The van der Waals surface area contributed by atoms with Crippen LogP contribution in [0.5, 0.6) is 5.75 Å². The minimum Gasteiger partial charge on any atom is -0.496 e. The predicted octanol–water partition coefficient (Wildman–Crippen LogP) is 3.52. The summed E-state index contributed by atoms with van der Waals surface area (Å²) in [5, 5.41) is 0. The number of sulfonamides is 1. The SMILES string of the molecule is COc1cc(C)c(S(=O)(=O)N2CCCN(Cc3ccccc3)CC2)c(C)c1C. The second-order valence-corrected chi connectivity index (χ2v) is 9.37. The highest BCUT2D eigenvalue weighted by Gasteiger charge is 2.30.